The number of rotatable bonds is 6. The molecule has 0 aliphatic carbocycles. The predicted octanol–water partition coefficient (Wildman–Crippen LogP) is 5.32. The number of methoxy groups -OCH3 is 1. The minimum Gasteiger partial charge on any atom is -0.497 e. The van der Waals surface area contributed by atoms with E-state index >= 15 is 0 Å². The van der Waals surface area contributed by atoms with Crippen LogP contribution in [0.3, 0.4) is 0 Å². The van der Waals surface area contributed by atoms with Crippen molar-refractivity contribution in [2.75, 3.05) is 12.4 Å². The molecule has 3 aromatic heterocycles. The fraction of sp³-hybridized carbons (Fsp3) is 0.0500. The molecule has 1 amide bonds. The van der Waals surface area contributed by atoms with Crippen LogP contribution in [-0.4, -0.2) is 23.0 Å². The van der Waals surface area contributed by atoms with Gasteiger partial charge in [0.2, 0.25) is 5.88 Å². The number of amides is 1. The SMILES string of the molecule is COc1ccc(Oc2ncccc2NC(=O)c2cnc(-c3ccsc3)s2)cc1. The van der Waals surface area contributed by atoms with Crippen molar-refractivity contribution >= 4 is 34.3 Å². The molecule has 1 aromatic carbocycles. The number of thiophene rings is 1. The maximum Gasteiger partial charge on any atom is 0.267 e. The number of pyridine rings is 1. The first-order valence-corrected chi connectivity index (χ1v) is 10.1. The summed E-state index contributed by atoms with van der Waals surface area (Å²) in [7, 11) is 1.60. The molecule has 0 radical (unpaired) electrons. The fourth-order valence-corrected chi connectivity index (χ4v) is 3.93. The number of nitrogens with zero attached hydrogens (tertiary/aromatic N) is 2. The molecule has 0 bridgehead atoms. The summed E-state index contributed by atoms with van der Waals surface area (Å²) in [6.45, 7) is 0. The third kappa shape index (κ3) is 4.03. The Labute approximate surface area is 169 Å². The number of benzene rings is 1. The van der Waals surface area contributed by atoms with Gasteiger partial charge < -0.3 is 14.8 Å². The lowest BCUT2D eigenvalue weighted by molar-refractivity contribution is 0.103. The largest absolute Gasteiger partial charge is 0.497 e. The molecule has 0 aliphatic heterocycles. The zero-order chi connectivity index (χ0) is 19.3. The average molecular weight is 409 g/mol. The standard InChI is InChI=1S/C20H15N3O3S2/c1-25-14-4-6-15(7-5-14)26-19-16(3-2-9-21-19)23-18(24)17-11-22-20(28-17)13-8-10-27-12-13/h2-12H,1H3,(H,23,24). The van der Waals surface area contributed by atoms with Crippen LogP contribution in [0.25, 0.3) is 10.6 Å². The monoisotopic (exact) mass is 409 g/mol. The highest BCUT2D eigenvalue weighted by Gasteiger charge is 2.15. The van der Waals surface area contributed by atoms with E-state index in [2.05, 4.69) is 15.3 Å². The van der Waals surface area contributed by atoms with Crippen LogP contribution in [0.2, 0.25) is 0 Å². The average Bonchev–Trinajstić information content (AvgIpc) is 3.42. The number of carbonyl (C=O) groups excluding carboxylic acids is 1. The fourth-order valence-electron chi connectivity index (χ4n) is 2.41. The van der Waals surface area contributed by atoms with Gasteiger partial charge in [-0.2, -0.15) is 11.3 Å². The topological polar surface area (TPSA) is 73.3 Å². The van der Waals surface area contributed by atoms with E-state index in [9.17, 15) is 4.79 Å². The Kier molecular flexibility index (Phi) is 5.31. The van der Waals surface area contributed by atoms with Crippen LogP contribution >= 0.6 is 22.7 Å². The maximum atomic E-state index is 12.6. The van der Waals surface area contributed by atoms with Crippen molar-refractivity contribution in [3.63, 3.8) is 0 Å². The molecule has 0 atom stereocenters. The highest BCUT2D eigenvalue weighted by molar-refractivity contribution is 7.17. The van der Waals surface area contributed by atoms with E-state index in [0.717, 1.165) is 16.3 Å². The molecule has 0 unspecified atom stereocenters. The molecule has 0 aliphatic rings. The van der Waals surface area contributed by atoms with Crippen LogP contribution in [0, 0.1) is 0 Å². The van der Waals surface area contributed by atoms with E-state index in [-0.39, 0.29) is 5.91 Å². The molecule has 6 nitrogen and oxygen atoms in total. The molecule has 4 aromatic rings. The van der Waals surface area contributed by atoms with Crippen LogP contribution in [0.1, 0.15) is 9.67 Å². The van der Waals surface area contributed by atoms with Gasteiger partial charge >= 0.3 is 0 Å². The van der Waals surface area contributed by atoms with Crippen LogP contribution in [0.5, 0.6) is 17.4 Å². The van der Waals surface area contributed by atoms with Gasteiger partial charge in [0.05, 0.1) is 13.3 Å². The Morgan fingerprint density at radius 3 is 2.64 bits per heavy atom. The Bertz CT molecular complexity index is 1080. The Balaban J connectivity index is 1.51. The molecule has 0 saturated heterocycles. The first-order valence-electron chi connectivity index (χ1n) is 8.29. The van der Waals surface area contributed by atoms with E-state index < -0.39 is 0 Å². The number of thiazole rings is 1. The van der Waals surface area contributed by atoms with Crippen molar-refractivity contribution in [2.45, 2.75) is 0 Å². The molecule has 3 heterocycles. The van der Waals surface area contributed by atoms with E-state index in [4.69, 9.17) is 9.47 Å². The quantitative estimate of drug-likeness (QED) is 0.467. The maximum absolute atomic E-state index is 12.6. The molecule has 4 rings (SSSR count). The van der Waals surface area contributed by atoms with Gasteiger partial charge in [-0.05, 0) is 47.8 Å². The van der Waals surface area contributed by atoms with E-state index in [1.54, 1.807) is 67.2 Å². The number of ether oxygens (including phenoxy) is 2. The van der Waals surface area contributed by atoms with Crippen molar-refractivity contribution in [3.05, 3.63) is 70.5 Å². The smallest absolute Gasteiger partial charge is 0.267 e. The van der Waals surface area contributed by atoms with Crippen LogP contribution in [-0.2, 0) is 0 Å². The highest BCUT2D eigenvalue weighted by atomic mass is 32.1. The van der Waals surface area contributed by atoms with Crippen LogP contribution in [0.4, 0.5) is 5.69 Å². The molecule has 0 spiro atoms. The lowest BCUT2D eigenvalue weighted by atomic mass is 10.3. The first-order chi connectivity index (χ1) is 13.7. The number of nitrogens with one attached hydrogen (secondary N) is 1. The second-order valence-corrected chi connectivity index (χ2v) is 7.44. The lowest BCUT2D eigenvalue weighted by Crippen LogP contribution is -2.11. The first kappa shape index (κ1) is 18.1. The summed E-state index contributed by atoms with van der Waals surface area (Å²) < 4.78 is 11.0. The Morgan fingerprint density at radius 2 is 1.89 bits per heavy atom. The normalized spacial score (nSPS) is 10.5. The van der Waals surface area contributed by atoms with Gasteiger partial charge in [0.1, 0.15) is 27.1 Å². The summed E-state index contributed by atoms with van der Waals surface area (Å²) in [5.41, 5.74) is 1.49. The molecule has 140 valence electrons. The Hall–Kier alpha value is -3.23. The molecule has 8 heteroatoms. The van der Waals surface area contributed by atoms with Gasteiger partial charge in [0.15, 0.2) is 0 Å². The predicted molar refractivity (Wildman–Crippen MR) is 111 cm³/mol. The zero-order valence-electron chi connectivity index (χ0n) is 14.8. The molecule has 0 fully saturated rings. The van der Waals surface area contributed by atoms with Crippen LogP contribution in [0.15, 0.2) is 65.6 Å². The second kappa shape index (κ2) is 8.20. The van der Waals surface area contributed by atoms with Crippen molar-refractivity contribution in [2.24, 2.45) is 0 Å². The van der Waals surface area contributed by atoms with E-state index in [1.807, 2.05) is 16.8 Å². The van der Waals surface area contributed by atoms with Crippen LogP contribution < -0.4 is 14.8 Å². The van der Waals surface area contributed by atoms with Gasteiger partial charge in [-0.25, -0.2) is 9.97 Å². The summed E-state index contributed by atoms with van der Waals surface area (Å²) in [4.78, 5) is 21.7. The minimum atomic E-state index is -0.258. The molecule has 28 heavy (non-hydrogen) atoms. The lowest BCUT2D eigenvalue weighted by Gasteiger charge is -2.10. The van der Waals surface area contributed by atoms with Crippen molar-refractivity contribution < 1.29 is 14.3 Å². The number of aromatic nitrogens is 2. The number of hydrogen-bond acceptors (Lipinski definition) is 7. The molecular formula is C20H15N3O3S2. The van der Waals surface area contributed by atoms with Gasteiger partial charge in [0.25, 0.3) is 5.91 Å². The van der Waals surface area contributed by atoms with Crippen molar-refractivity contribution in [1.29, 1.82) is 0 Å². The zero-order valence-corrected chi connectivity index (χ0v) is 16.4. The molecule has 1 N–H and O–H groups in total. The van der Waals surface area contributed by atoms with Gasteiger partial charge in [-0.1, -0.05) is 0 Å². The summed E-state index contributed by atoms with van der Waals surface area (Å²) in [6.07, 6.45) is 3.18. The molecule has 0 saturated carbocycles. The number of anilines is 1. The number of carbonyl (C=O) groups is 1. The van der Waals surface area contributed by atoms with Crippen molar-refractivity contribution in [1.82, 2.24) is 9.97 Å². The molecular weight excluding hydrogens is 394 g/mol. The third-order valence-electron chi connectivity index (χ3n) is 3.79. The summed E-state index contributed by atoms with van der Waals surface area (Å²) in [5.74, 6) is 1.37. The van der Waals surface area contributed by atoms with Gasteiger partial charge in [-0.3, -0.25) is 4.79 Å². The summed E-state index contributed by atoms with van der Waals surface area (Å²) >= 11 is 2.93. The summed E-state index contributed by atoms with van der Waals surface area (Å²) in [5, 5.41) is 7.65. The number of hydrogen-bond donors (Lipinski definition) is 1. The van der Waals surface area contributed by atoms with Gasteiger partial charge in [-0.15, -0.1) is 11.3 Å². The van der Waals surface area contributed by atoms with Crippen molar-refractivity contribution in [3.8, 4) is 28.0 Å². The second-order valence-electron chi connectivity index (χ2n) is 5.63. The van der Waals surface area contributed by atoms with E-state index in [0.29, 0.717) is 22.2 Å². The summed E-state index contributed by atoms with van der Waals surface area (Å²) in [6, 6.07) is 12.6. The Morgan fingerprint density at radius 1 is 1.07 bits per heavy atom. The third-order valence-corrected chi connectivity index (χ3v) is 5.52. The highest BCUT2D eigenvalue weighted by Crippen LogP contribution is 2.30. The minimum absolute atomic E-state index is 0.258. The van der Waals surface area contributed by atoms with E-state index in [1.165, 1.54) is 11.3 Å². The van der Waals surface area contributed by atoms with Gasteiger partial charge in [0, 0.05) is 17.1 Å².